The van der Waals surface area contributed by atoms with Crippen molar-refractivity contribution < 1.29 is 13.2 Å². The summed E-state index contributed by atoms with van der Waals surface area (Å²) in [5.74, 6) is 0.373. The number of alkyl halides is 3. The molecule has 0 amide bonds. The molecule has 1 N–H and O–H groups in total. The fourth-order valence-corrected chi connectivity index (χ4v) is 2.39. The number of hydrogen-bond acceptors (Lipinski definition) is 2. The molecule has 0 aromatic rings. The molecule has 0 saturated carbocycles. The highest BCUT2D eigenvalue weighted by molar-refractivity contribution is 4.79. The van der Waals surface area contributed by atoms with Gasteiger partial charge in [-0.25, -0.2) is 0 Å². The molecule has 1 saturated heterocycles. The number of halogens is 3. The molecule has 1 unspecified atom stereocenters. The van der Waals surface area contributed by atoms with Crippen molar-refractivity contribution in [3.63, 3.8) is 0 Å². The highest BCUT2D eigenvalue weighted by Gasteiger charge is 2.34. The Morgan fingerprint density at radius 2 is 1.94 bits per heavy atom. The normalized spacial score (nSPS) is 22.6. The van der Waals surface area contributed by atoms with E-state index >= 15 is 0 Å². The zero-order valence-corrected chi connectivity index (χ0v) is 10.7. The van der Waals surface area contributed by atoms with Gasteiger partial charge in [0.2, 0.25) is 0 Å². The van der Waals surface area contributed by atoms with Crippen molar-refractivity contribution in [2.24, 2.45) is 5.92 Å². The minimum Gasteiger partial charge on any atom is -0.314 e. The molecule has 1 atom stereocenters. The molecule has 0 aliphatic carbocycles. The molecule has 0 spiro atoms. The molecule has 0 aromatic heterocycles. The standard InChI is InChI=1S/C12H23F3N2/c1-3-11(4-2)16-7-10-5-6-17(8-10)9-12(13,14)15/h10-11,16H,3-9H2,1-2H3. The van der Waals surface area contributed by atoms with E-state index in [4.69, 9.17) is 0 Å². The molecule has 17 heavy (non-hydrogen) atoms. The lowest BCUT2D eigenvalue weighted by Crippen LogP contribution is -2.35. The molecule has 1 heterocycles. The van der Waals surface area contributed by atoms with Crippen LogP contribution in [0, 0.1) is 5.92 Å². The number of likely N-dealkylation sites (tertiary alicyclic amines) is 1. The molecular weight excluding hydrogens is 229 g/mol. The van der Waals surface area contributed by atoms with Crippen LogP contribution in [0.15, 0.2) is 0 Å². The first kappa shape index (κ1) is 14.8. The summed E-state index contributed by atoms with van der Waals surface area (Å²) in [5, 5.41) is 3.44. The molecule has 0 aromatic carbocycles. The summed E-state index contributed by atoms with van der Waals surface area (Å²) < 4.78 is 36.6. The van der Waals surface area contributed by atoms with Gasteiger partial charge in [0.25, 0.3) is 0 Å². The van der Waals surface area contributed by atoms with Crippen molar-refractivity contribution in [2.45, 2.75) is 45.3 Å². The van der Waals surface area contributed by atoms with Crippen LogP contribution in [0.2, 0.25) is 0 Å². The third-order valence-corrected chi connectivity index (χ3v) is 3.45. The predicted octanol–water partition coefficient (Wildman–Crippen LogP) is 2.65. The number of rotatable bonds is 6. The van der Waals surface area contributed by atoms with Gasteiger partial charge in [0.15, 0.2) is 0 Å². The first-order valence-corrected chi connectivity index (χ1v) is 6.47. The fraction of sp³-hybridized carbons (Fsp3) is 1.00. The van der Waals surface area contributed by atoms with Crippen molar-refractivity contribution in [1.29, 1.82) is 0 Å². The first-order chi connectivity index (χ1) is 7.94. The lowest BCUT2D eigenvalue weighted by molar-refractivity contribution is -0.143. The lowest BCUT2D eigenvalue weighted by Gasteiger charge is -2.20. The van der Waals surface area contributed by atoms with E-state index in [9.17, 15) is 13.2 Å². The minimum atomic E-state index is -4.06. The Morgan fingerprint density at radius 3 is 2.47 bits per heavy atom. The molecular formula is C12H23F3N2. The maximum absolute atomic E-state index is 12.2. The zero-order valence-electron chi connectivity index (χ0n) is 10.7. The summed E-state index contributed by atoms with van der Waals surface area (Å²) in [7, 11) is 0. The van der Waals surface area contributed by atoms with Gasteiger partial charge in [-0.05, 0) is 38.3 Å². The van der Waals surface area contributed by atoms with Crippen LogP contribution in [0.5, 0.6) is 0 Å². The Morgan fingerprint density at radius 1 is 1.29 bits per heavy atom. The van der Waals surface area contributed by atoms with Crippen LogP contribution in [0.25, 0.3) is 0 Å². The summed E-state index contributed by atoms with van der Waals surface area (Å²) in [6, 6.07) is 0.506. The molecule has 0 radical (unpaired) electrons. The molecule has 5 heteroatoms. The Kier molecular flexibility index (Phi) is 5.73. The Hall–Kier alpha value is -0.290. The van der Waals surface area contributed by atoms with Crippen LogP contribution >= 0.6 is 0 Å². The largest absolute Gasteiger partial charge is 0.401 e. The monoisotopic (exact) mass is 252 g/mol. The summed E-state index contributed by atoms with van der Waals surface area (Å²) in [5.41, 5.74) is 0. The van der Waals surface area contributed by atoms with Crippen LogP contribution < -0.4 is 5.32 Å². The number of nitrogens with one attached hydrogen (secondary N) is 1. The number of hydrogen-bond donors (Lipinski definition) is 1. The number of nitrogens with zero attached hydrogens (tertiary/aromatic N) is 1. The molecule has 102 valence electrons. The average Bonchev–Trinajstić information content (AvgIpc) is 2.64. The van der Waals surface area contributed by atoms with Gasteiger partial charge in [-0.15, -0.1) is 0 Å². The van der Waals surface area contributed by atoms with Gasteiger partial charge >= 0.3 is 6.18 Å². The topological polar surface area (TPSA) is 15.3 Å². The van der Waals surface area contributed by atoms with E-state index in [0.717, 1.165) is 25.8 Å². The van der Waals surface area contributed by atoms with E-state index in [1.165, 1.54) is 4.90 Å². The van der Waals surface area contributed by atoms with Crippen LogP contribution in [0.4, 0.5) is 13.2 Å². The summed E-state index contributed by atoms with van der Waals surface area (Å²) in [6.07, 6.45) is -1.02. The summed E-state index contributed by atoms with van der Waals surface area (Å²) in [4.78, 5) is 1.51. The maximum Gasteiger partial charge on any atom is 0.401 e. The summed E-state index contributed by atoms with van der Waals surface area (Å²) >= 11 is 0. The minimum absolute atomic E-state index is 0.373. The van der Waals surface area contributed by atoms with Crippen molar-refractivity contribution in [1.82, 2.24) is 10.2 Å². The van der Waals surface area contributed by atoms with E-state index in [1.54, 1.807) is 0 Å². The molecule has 1 aliphatic heterocycles. The second-order valence-electron chi connectivity index (χ2n) is 4.93. The van der Waals surface area contributed by atoms with Gasteiger partial charge in [-0.1, -0.05) is 13.8 Å². The second kappa shape index (κ2) is 6.59. The second-order valence-corrected chi connectivity index (χ2v) is 4.93. The average molecular weight is 252 g/mol. The smallest absolute Gasteiger partial charge is 0.314 e. The third-order valence-electron chi connectivity index (χ3n) is 3.45. The van der Waals surface area contributed by atoms with E-state index in [2.05, 4.69) is 19.2 Å². The Bertz CT molecular complexity index is 214. The zero-order chi connectivity index (χ0) is 12.9. The van der Waals surface area contributed by atoms with E-state index in [0.29, 0.717) is 25.0 Å². The van der Waals surface area contributed by atoms with Crippen LogP contribution in [0.3, 0.4) is 0 Å². The van der Waals surface area contributed by atoms with Crippen molar-refractivity contribution >= 4 is 0 Å². The lowest BCUT2D eigenvalue weighted by atomic mass is 10.1. The van der Waals surface area contributed by atoms with Gasteiger partial charge in [-0.2, -0.15) is 13.2 Å². The highest BCUT2D eigenvalue weighted by Crippen LogP contribution is 2.22. The van der Waals surface area contributed by atoms with Gasteiger partial charge in [0.1, 0.15) is 0 Å². The molecule has 0 bridgehead atoms. The van der Waals surface area contributed by atoms with Gasteiger partial charge < -0.3 is 5.32 Å². The van der Waals surface area contributed by atoms with E-state index in [-0.39, 0.29) is 0 Å². The van der Waals surface area contributed by atoms with E-state index in [1.807, 2.05) is 0 Å². The highest BCUT2D eigenvalue weighted by atomic mass is 19.4. The van der Waals surface area contributed by atoms with Crippen LogP contribution in [-0.2, 0) is 0 Å². The van der Waals surface area contributed by atoms with Crippen molar-refractivity contribution in [3.05, 3.63) is 0 Å². The fourth-order valence-electron chi connectivity index (χ4n) is 2.39. The Balaban J connectivity index is 2.22. The van der Waals surface area contributed by atoms with Gasteiger partial charge in [0, 0.05) is 12.6 Å². The van der Waals surface area contributed by atoms with Gasteiger partial charge in [-0.3, -0.25) is 4.90 Å². The van der Waals surface area contributed by atoms with Crippen molar-refractivity contribution in [2.75, 3.05) is 26.2 Å². The molecule has 1 fully saturated rings. The van der Waals surface area contributed by atoms with Gasteiger partial charge in [0.05, 0.1) is 6.54 Å². The first-order valence-electron chi connectivity index (χ1n) is 6.47. The van der Waals surface area contributed by atoms with Crippen LogP contribution in [-0.4, -0.2) is 43.3 Å². The predicted molar refractivity (Wildman–Crippen MR) is 63.0 cm³/mol. The molecule has 1 aliphatic rings. The quantitative estimate of drug-likeness (QED) is 0.782. The third kappa shape index (κ3) is 5.73. The van der Waals surface area contributed by atoms with Crippen molar-refractivity contribution in [3.8, 4) is 0 Å². The SMILES string of the molecule is CCC(CC)NCC1CCN(CC(F)(F)F)C1. The van der Waals surface area contributed by atoms with E-state index < -0.39 is 12.7 Å². The molecule has 1 rings (SSSR count). The Labute approximate surface area is 102 Å². The maximum atomic E-state index is 12.2. The van der Waals surface area contributed by atoms with Crippen LogP contribution in [0.1, 0.15) is 33.1 Å². The summed E-state index contributed by atoms with van der Waals surface area (Å²) in [6.45, 7) is 5.51. The molecule has 2 nitrogen and oxygen atoms in total.